The Morgan fingerprint density at radius 1 is 1.43 bits per heavy atom. The Kier molecular flexibility index (Phi) is 5.27. The molecule has 1 fully saturated rings. The summed E-state index contributed by atoms with van der Waals surface area (Å²) >= 11 is 0. The number of esters is 1. The summed E-state index contributed by atoms with van der Waals surface area (Å²) in [6.45, 7) is 4.61. The number of hydrogen-bond acceptors (Lipinski definition) is 7. The number of amides is 2. The van der Waals surface area contributed by atoms with Crippen LogP contribution in [0.4, 0.5) is 4.79 Å². The van der Waals surface area contributed by atoms with Crippen molar-refractivity contribution in [1.29, 1.82) is 5.26 Å². The largest absolute Gasteiger partial charge is 0.467 e. The fourth-order valence-electron chi connectivity index (χ4n) is 1.86. The smallest absolute Gasteiger partial charge is 0.417 e. The number of likely N-dealkylation sites (tertiary alicyclic amines) is 1. The Hall–Kier alpha value is -2.14. The van der Waals surface area contributed by atoms with Crippen molar-refractivity contribution >= 4 is 18.0 Å². The van der Waals surface area contributed by atoms with E-state index in [1.54, 1.807) is 26.8 Å². The topological polar surface area (TPSA) is 106 Å². The fourth-order valence-corrected chi connectivity index (χ4v) is 1.86. The quantitative estimate of drug-likeness (QED) is 0.702. The molecule has 1 aliphatic heterocycles. The predicted octanol–water partition coefficient (Wildman–Crippen LogP) is 0.604. The molecule has 0 N–H and O–H groups in total. The highest BCUT2D eigenvalue weighted by atomic mass is 16.6. The molecule has 1 rings (SSSR count). The zero-order valence-corrected chi connectivity index (χ0v) is 12.4. The van der Waals surface area contributed by atoms with Crippen LogP contribution in [0, 0.1) is 11.3 Å². The number of imide groups is 1. The van der Waals surface area contributed by atoms with Gasteiger partial charge in [-0.3, -0.25) is 4.79 Å². The first-order chi connectivity index (χ1) is 9.71. The van der Waals surface area contributed by atoms with Crippen LogP contribution in [0.5, 0.6) is 0 Å². The van der Waals surface area contributed by atoms with Gasteiger partial charge in [-0.05, 0) is 20.8 Å². The number of hydrogen-bond donors (Lipinski definition) is 0. The summed E-state index contributed by atoms with van der Waals surface area (Å²) in [4.78, 5) is 36.6. The van der Waals surface area contributed by atoms with E-state index in [0.29, 0.717) is 4.90 Å². The van der Waals surface area contributed by atoms with Crippen molar-refractivity contribution < 1.29 is 28.6 Å². The molecule has 2 atom stereocenters. The zero-order valence-electron chi connectivity index (χ0n) is 12.4. The first-order valence-electron chi connectivity index (χ1n) is 6.33. The van der Waals surface area contributed by atoms with Gasteiger partial charge < -0.3 is 14.2 Å². The van der Waals surface area contributed by atoms with Crippen molar-refractivity contribution in [3.05, 3.63) is 0 Å². The van der Waals surface area contributed by atoms with Gasteiger partial charge in [0.1, 0.15) is 24.4 Å². The van der Waals surface area contributed by atoms with Crippen molar-refractivity contribution in [3.8, 4) is 6.07 Å². The lowest BCUT2D eigenvalue weighted by atomic mass is 10.2. The number of ether oxygens (including phenoxy) is 3. The molecular weight excluding hydrogens is 280 g/mol. The van der Waals surface area contributed by atoms with Crippen LogP contribution in [0.1, 0.15) is 27.2 Å². The molecular formula is C13H18N2O6. The molecule has 8 heteroatoms. The second kappa shape index (κ2) is 6.54. The number of carbonyl (C=O) groups is 3. The van der Waals surface area contributed by atoms with Crippen molar-refractivity contribution in [1.82, 2.24) is 4.90 Å². The first-order valence-corrected chi connectivity index (χ1v) is 6.33. The molecule has 8 nitrogen and oxygen atoms in total. The highest BCUT2D eigenvalue weighted by Gasteiger charge is 2.49. The summed E-state index contributed by atoms with van der Waals surface area (Å²) in [5, 5.41) is 8.48. The Morgan fingerprint density at radius 3 is 2.52 bits per heavy atom. The van der Waals surface area contributed by atoms with Crippen LogP contribution in [-0.2, 0) is 23.8 Å². The van der Waals surface area contributed by atoms with Crippen LogP contribution in [0.3, 0.4) is 0 Å². The molecule has 0 spiro atoms. The van der Waals surface area contributed by atoms with Gasteiger partial charge >= 0.3 is 12.1 Å². The second-order valence-electron chi connectivity index (χ2n) is 5.42. The Labute approximate surface area is 122 Å². The Balaban J connectivity index is 2.95. The molecule has 0 unspecified atom stereocenters. The summed E-state index contributed by atoms with van der Waals surface area (Å²) in [5.41, 5.74) is -0.816. The van der Waals surface area contributed by atoms with Crippen LogP contribution in [-0.4, -0.2) is 54.3 Å². The van der Waals surface area contributed by atoms with E-state index < -0.39 is 35.7 Å². The first kappa shape index (κ1) is 16.9. The van der Waals surface area contributed by atoms with Gasteiger partial charge in [0.25, 0.3) is 5.91 Å². The fraction of sp³-hybridized carbons (Fsp3) is 0.692. The summed E-state index contributed by atoms with van der Waals surface area (Å²) < 4.78 is 14.7. The summed E-state index contributed by atoms with van der Waals surface area (Å²) in [7, 11) is 1.16. The van der Waals surface area contributed by atoms with Gasteiger partial charge in [-0.15, -0.1) is 0 Å². The maximum atomic E-state index is 12.2. The maximum Gasteiger partial charge on any atom is 0.417 e. The van der Waals surface area contributed by atoms with Gasteiger partial charge in [0.15, 0.2) is 0 Å². The molecule has 0 radical (unpaired) electrons. The predicted molar refractivity (Wildman–Crippen MR) is 68.9 cm³/mol. The average Bonchev–Trinajstić information content (AvgIpc) is 2.70. The van der Waals surface area contributed by atoms with Crippen LogP contribution >= 0.6 is 0 Å². The van der Waals surface area contributed by atoms with Crippen LogP contribution in [0.2, 0.25) is 0 Å². The van der Waals surface area contributed by atoms with Crippen molar-refractivity contribution in [2.24, 2.45) is 0 Å². The van der Waals surface area contributed by atoms with E-state index in [2.05, 4.69) is 4.74 Å². The second-order valence-corrected chi connectivity index (χ2v) is 5.42. The molecule has 0 aliphatic carbocycles. The normalized spacial score (nSPS) is 21.9. The van der Waals surface area contributed by atoms with Gasteiger partial charge in [0.05, 0.1) is 13.2 Å². The number of rotatable bonds is 3. The minimum atomic E-state index is -1.11. The van der Waals surface area contributed by atoms with Crippen LogP contribution in [0.15, 0.2) is 0 Å². The highest BCUT2D eigenvalue weighted by molar-refractivity contribution is 6.01. The monoisotopic (exact) mass is 298 g/mol. The molecule has 2 amide bonds. The third-order valence-electron chi connectivity index (χ3n) is 2.67. The molecule has 116 valence electrons. The lowest BCUT2D eigenvalue weighted by Crippen LogP contribution is -2.46. The van der Waals surface area contributed by atoms with E-state index in [4.69, 9.17) is 14.7 Å². The molecule has 1 saturated heterocycles. The lowest BCUT2D eigenvalue weighted by Gasteiger charge is -2.26. The number of nitriles is 1. The standard InChI is InChI=1S/C13H18N2O6/c1-13(2,3)21-12(18)15-8(11(17)19-4)7-9(10(15)16)20-6-5-14/h8-9H,6-7H2,1-4H3/t8-,9-/m0/s1. The number of nitrogens with zero attached hydrogens (tertiary/aromatic N) is 2. The molecule has 0 aromatic rings. The molecule has 0 bridgehead atoms. The van der Waals surface area contributed by atoms with E-state index in [9.17, 15) is 14.4 Å². The van der Waals surface area contributed by atoms with E-state index in [1.165, 1.54) is 0 Å². The highest BCUT2D eigenvalue weighted by Crippen LogP contribution is 2.25. The molecule has 0 aromatic heterocycles. The van der Waals surface area contributed by atoms with Gasteiger partial charge in [0, 0.05) is 6.42 Å². The van der Waals surface area contributed by atoms with Crippen LogP contribution in [0.25, 0.3) is 0 Å². The summed E-state index contributed by atoms with van der Waals surface area (Å²) in [5.74, 6) is -1.45. The zero-order chi connectivity index (χ0) is 16.2. The summed E-state index contributed by atoms with van der Waals surface area (Å²) in [6.07, 6.45) is -2.04. The minimum Gasteiger partial charge on any atom is -0.467 e. The van der Waals surface area contributed by atoms with E-state index in [0.717, 1.165) is 7.11 Å². The SMILES string of the molecule is COC(=O)[C@@H]1C[C@H](OCC#N)C(=O)N1C(=O)OC(C)(C)C. The third-order valence-corrected chi connectivity index (χ3v) is 2.67. The summed E-state index contributed by atoms with van der Waals surface area (Å²) in [6, 6.07) is 0.620. The van der Waals surface area contributed by atoms with E-state index in [-0.39, 0.29) is 13.0 Å². The molecule has 0 aromatic carbocycles. The van der Waals surface area contributed by atoms with E-state index >= 15 is 0 Å². The number of methoxy groups -OCH3 is 1. The number of carbonyl (C=O) groups excluding carboxylic acids is 3. The van der Waals surface area contributed by atoms with Gasteiger partial charge in [0.2, 0.25) is 0 Å². The minimum absolute atomic E-state index is 0.0631. The van der Waals surface area contributed by atoms with E-state index in [1.807, 2.05) is 0 Å². The molecule has 21 heavy (non-hydrogen) atoms. The van der Waals surface area contributed by atoms with Crippen LogP contribution < -0.4 is 0 Å². The Bertz CT molecular complexity index is 476. The lowest BCUT2D eigenvalue weighted by molar-refractivity contribution is -0.149. The van der Waals surface area contributed by atoms with Gasteiger partial charge in [-0.1, -0.05) is 0 Å². The average molecular weight is 298 g/mol. The van der Waals surface area contributed by atoms with Crippen molar-refractivity contribution in [2.75, 3.05) is 13.7 Å². The maximum absolute atomic E-state index is 12.2. The molecule has 1 aliphatic rings. The molecule has 1 heterocycles. The third kappa shape index (κ3) is 4.16. The van der Waals surface area contributed by atoms with Crippen molar-refractivity contribution in [2.45, 2.75) is 44.9 Å². The molecule has 0 saturated carbocycles. The Morgan fingerprint density at radius 2 is 2.05 bits per heavy atom. The van der Waals surface area contributed by atoms with Gasteiger partial charge in [-0.2, -0.15) is 5.26 Å². The van der Waals surface area contributed by atoms with Gasteiger partial charge in [-0.25, -0.2) is 14.5 Å². The van der Waals surface area contributed by atoms with Crippen molar-refractivity contribution in [3.63, 3.8) is 0 Å².